The molecule has 0 saturated heterocycles. The topological polar surface area (TPSA) is 62.3 Å². The van der Waals surface area contributed by atoms with E-state index in [0.29, 0.717) is 11.6 Å². The molecule has 7 heteroatoms. The Balaban J connectivity index is 2.49. The summed E-state index contributed by atoms with van der Waals surface area (Å²) >= 11 is 5.93. The number of hydrogen-bond donors (Lipinski definition) is 1. The summed E-state index contributed by atoms with van der Waals surface area (Å²) in [5.74, 6) is 0. The second kappa shape index (κ2) is 7.19. The summed E-state index contributed by atoms with van der Waals surface area (Å²) in [7, 11) is -2.03. The van der Waals surface area contributed by atoms with Gasteiger partial charge < -0.3 is 0 Å². The smallest absolute Gasteiger partial charge is 0.265 e. The van der Waals surface area contributed by atoms with E-state index in [1.165, 1.54) is 4.31 Å². The molecule has 0 aliphatic rings. The first kappa shape index (κ1) is 16.9. The number of aromatic nitrogens is 1. The summed E-state index contributed by atoms with van der Waals surface area (Å²) in [5.41, 5.74) is 1.67. The molecule has 0 unspecified atom stereocenters. The first-order valence-electron chi connectivity index (χ1n) is 6.83. The van der Waals surface area contributed by atoms with Crippen molar-refractivity contribution in [1.82, 2.24) is 14.0 Å². The third kappa shape index (κ3) is 3.84. The molecule has 0 spiro atoms. The number of nitrogens with one attached hydrogen (secondary N) is 1. The van der Waals surface area contributed by atoms with Gasteiger partial charge in [-0.25, -0.2) is 4.72 Å². The van der Waals surface area contributed by atoms with E-state index in [2.05, 4.69) is 9.71 Å². The molecule has 5 nitrogen and oxygen atoms in total. The lowest BCUT2D eigenvalue weighted by Crippen LogP contribution is -2.40. The molecule has 0 bridgehead atoms. The largest absolute Gasteiger partial charge is 0.280 e. The van der Waals surface area contributed by atoms with Gasteiger partial charge in [-0.2, -0.15) is 12.7 Å². The number of nitrogens with zero attached hydrogens (tertiary/aromatic N) is 2. The van der Waals surface area contributed by atoms with E-state index in [9.17, 15) is 8.42 Å². The van der Waals surface area contributed by atoms with Crippen LogP contribution in [0, 0.1) is 0 Å². The van der Waals surface area contributed by atoms with E-state index >= 15 is 0 Å². The van der Waals surface area contributed by atoms with Crippen LogP contribution in [0.25, 0.3) is 0 Å². The molecule has 22 heavy (non-hydrogen) atoms. The van der Waals surface area contributed by atoms with Crippen molar-refractivity contribution < 1.29 is 8.42 Å². The molecule has 1 aromatic carbocycles. The maximum absolute atomic E-state index is 12.4. The van der Waals surface area contributed by atoms with Crippen LogP contribution >= 0.6 is 11.6 Å². The van der Waals surface area contributed by atoms with Gasteiger partial charge in [0.2, 0.25) is 0 Å². The van der Waals surface area contributed by atoms with Crippen LogP contribution in [-0.4, -0.2) is 31.3 Å². The standard InChI is InChI=1S/C15H18ClN3O2S/c1-3-18-22(20,21)19(2)15(13-8-10-17-11-9-13)12-4-6-14(16)7-5-12/h4-11,15,18H,3H2,1-2H3/t15-/m1/s1. The summed E-state index contributed by atoms with van der Waals surface area (Å²) in [6.45, 7) is 2.07. The first-order chi connectivity index (χ1) is 10.5. The van der Waals surface area contributed by atoms with Gasteiger partial charge in [0, 0.05) is 31.0 Å². The number of hydrogen-bond acceptors (Lipinski definition) is 3. The second-order valence-electron chi connectivity index (χ2n) is 4.75. The van der Waals surface area contributed by atoms with Gasteiger partial charge in [0.25, 0.3) is 10.2 Å². The van der Waals surface area contributed by atoms with Crippen molar-refractivity contribution in [3.05, 3.63) is 64.9 Å². The number of halogens is 1. The lowest BCUT2D eigenvalue weighted by Gasteiger charge is -2.28. The molecule has 2 aromatic rings. The van der Waals surface area contributed by atoms with Gasteiger partial charge in [0.15, 0.2) is 0 Å². The normalized spacial score (nSPS) is 13.3. The van der Waals surface area contributed by atoms with Gasteiger partial charge in [-0.05, 0) is 35.4 Å². The van der Waals surface area contributed by atoms with E-state index in [-0.39, 0.29) is 0 Å². The Morgan fingerprint density at radius 2 is 1.68 bits per heavy atom. The molecule has 1 heterocycles. The predicted octanol–water partition coefficient (Wildman–Crippen LogP) is 2.61. The number of rotatable bonds is 6. The van der Waals surface area contributed by atoms with E-state index in [1.54, 1.807) is 50.6 Å². The minimum atomic E-state index is -3.59. The second-order valence-corrected chi connectivity index (χ2v) is 7.00. The highest BCUT2D eigenvalue weighted by Gasteiger charge is 2.28. The predicted molar refractivity (Wildman–Crippen MR) is 87.9 cm³/mol. The van der Waals surface area contributed by atoms with Crippen molar-refractivity contribution in [3.63, 3.8) is 0 Å². The van der Waals surface area contributed by atoms with Crippen LogP contribution in [0.4, 0.5) is 0 Å². The maximum atomic E-state index is 12.4. The van der Waals surface area contributed by atoms with E-state index in [1.807, 2.05) is 12.1 Å². The molecule has 0 radical (unpaired) electrons. The Bertz CT molecular complexity index is 705. The molecule has 1 aromatic heterocycles. The Labute approximate surface area is 136 Å². The van der Waals surface area contributed by atoms with Crippen LogP contribution in [0.3, 0.4) is 0 Å². The van der Waals surface area contributed by atoms with Gasteiger partial charge in [-0.15, -0.1) is 0 Å². The molecule has 0 saturated carbocycles. The molecule has 0 aliphatic heterocycles. The number of benzene rings is 1. The highest BCUT2D eigenvalue weighted by atomic mass is 35.5. The molecule has 1 N–H and O–H groups in total. The van der Waals surface area contributed by atoms with Crippen LogP contribution in [0.15, 0.2) is 48.8 Å². The Hall–Kier alpha value is -1.47. The summed E-state index contributed by atoms with van der Waals surface area (Å²) in [6.07, 6.45) is 3.29. The maximum Gasteiger partial charge on any atom is 0.280 e. The Morgan fingerprint density at radius 1 is 1.14 bits per heavy atom. The zero-order valence-corrected chi connectivity index (χ0v) is 14.0. The van der Waals surface area contributed by atoms with E-state index in [4.69, 9.17) is 11.6 Å². The van der Waals surface area contributed by atoms with Gasteiger partial charge in [0.1, 0.15) is 0 Å². The van der Waals surface area contributed by atoms with Crippen molar-refractivity contribution >= 4 is 21.8 Å². The van der Waals surface area contributed by atoms with Crippen molar-refractivity contribution in [2.45, 2.75) is 13.0 Å². The van der Waals surface area contributed by atoms with Gasteiger partial charge in [-0.1, -0.05) is 30.7 Å². The minimum Gasteiger partial charge on any atom is -0.265 e. The van der Waals surface area contributed by atoms with Crippen molar-refractivity contribution in [2.24, 2.45) is 0 Å². The van der Waals surface area contributed by atoms with Crippen LogP contribution < -0.4 is 4.72 Å². The number of pyridine rings is 1. The van der Waals surface area contributed by atoms with Gasteiger partial charge in [0.05, 0.1) is 6.04 Å². The van der Waals surface area contributed by atoms with Crippen LogP contribution in [0.1, 0.15) is 24.1 Å². The summed E-state index contributed by atoms with van der Waals surface area (Å²) in [4.78, 5) is 3.99. The molecule has 118 valence electrons. The highest BCUT2D eigenvalue weighted by molar-refractivity contribution is 7.87. The SMILES string of the molecule is CCNS(=O)(=O)N(C)[C@@H](c1ccncc1)c1ccc(Cl)cc1. The monoisotopic (exact) mass is 339 g/mol. The fraction of sp³-hybridized carbons (Fsp3) is 0.267. The van der Waals surface area contributed by atoms with E-state index < -0.39 is 16.3 Å². The molecule has 1 atom stereocenters. The molecular weight excluding hydrogens is 322 g/mol. The first-order valence-corrected chi connectivity index (χ1v) is 8.65. The van der Waals surface area contributed by atoms with E-state index in [0.717, 1.165) is 11.1 Å². The minimum absolute atomic E-state index is 0.330. The lowest BCUT2D eigenvalue weighted by atomic mass is 10.00. The third-order valence-electron chi connectivity index (χ3n) is 3.28. The van der Waals surface area contributed by atoms with Crippen molar-refractivity contribution in [2.75, 3.05) is 13.6 Å². The summed E-state index contributed by atoms with van der Waals surface area (Å²) in [5, 5.41) is 0.606. The van der Waals surface area contributed by atoms with Crippen LogP contribution in [0.2, 0.25) is 5.02 Å². The average Bonchev–Trinajstić information content (AvgIpc) is 2.50. The molecular formula is C15H18ClN3O2S. The van der Waals surface area contributed by atoms with Crippen molar-refractivity contribution in [3.8, 4) is 0 Å². The molecule has 2 rings (SSSR count). The van der Waals surface area contributed by atoms with Gasteiger partial charge >= 0.3 is 0 Å². The Morgan fingerprint density at radius 3 is 2.23 bits per heavy atom. The van der Waals surface area contributed by atoms with Crippen LogP contribution in [-0.2, 0) is 10.2 Å². The molecule has 0 amide bonds. The third-order valence-corrected chi connectivity index (χ3v) is 5.15. The fourth-order valence-electron chi connectivity index (χ4n) is 2.23. The zero-order valence-electron chi connectivity index (χ0n) is 12.4. The van der Waals surface area contributed by atoms with Crippen LogP contribution in [0.5, 0.6) is 0 Å². The Kier molecular flexibility index (Phi) is 5.52. The molecule has 0 aliphatic carbocycles. The fourth-order valence-corrected chi connectivity index (χ4v) is 3.44. The summed E-state index contributed by atoms with van der Waals surface area (Å²) < 4.78 is 28.5. The van der Waals surface area contributed by atoms with Gasteiger partial charge in [-0.3, -0.25) is 4.98 Å². The van der Waals surface area contributed by atoms with Crippen molar-refractivity contribution in [1.29, 1.82) is 0 Å². The highest BCUT2D eigenvalue weighted by Crippen LogP contribution is 2.29. The molecule has 0 fully saturated rings. The summed E-state index contributed by atoms with van der Waals surface area (Å²) in [6, 6.07) is 10.3. The quantitative estimate of drug-likeness (QED) is 0.880. The average molecular weight is 340 g/mol. The lowest BCUT2D eigenvalue weighted by molar-refractivity contribution is 0.410. The zero-order chi connectivity index (χ0) is 16.2.